The molecule has 0 radical (unpaired) electrons. The van der Waals surface area contributed by atoms with Crippen LogP contribution in [0.3, 0.4) is 0 Å². The Morgan fingerprint density at radius 2 is 1.75 bits per heavy atom. The summed E-state index contributed by atoms with van der Waals surface area (Å²) in [4.78, 5) is 38.4. The first kappa shape index (κ1) is 19.9. The van der Waals surface area contributed by atoms with Crippen LogP contribution >= 0.6 is 11.8 Å². The van der Waals surface area contributed by atoms with E-state index in [-0.39, 0.29) is 30.1 Å². The maximum atomic E-state index is 12.5. The van der Waals surface area contributed by atoms with Crippen molar-refractivity contribution in [3.8, 4) is 0 Å². The van der Waals surface area contributed by atoms with Crippen LogP contribution in [0.5, 0.6) is 0 Å². The fourth-order valence-corrected chi connectivity index (χ4v) is 3.66. The normalized spacial score (nSPS) is 15.5. The summed E-state index contributed by atoms with van der Waals surface area (Å²) in [7, 11) is 0. The highest BCUT2D eigenvalue weighted by molar-refractivity contribution is 8.18. The average molecular weight is 394 g/mol. The van der Waals surface area contributed by atoms with E-state index in [9.17, 15) is 14.4 Å². The van der Waals surface area contributed by atoms with E-state index in [4.69, 9.17) is 0 Å². The zero-order valence-electron chi connectivity index (χ0n) is 15.8. The molecule has 0 spiro atoms. The Labute approximate surface area is 168 Å². The number of hydrogen-bond donors (Lipinski definition) is 1. The summed E-state index contributed by atoms with van der Waals surface area (Å²) in [6, 6.07) is 16.8. The van der Waals surface area contributed by atoms with Gasteiger partial charge in [0.2, 0.25) is 0 Å². The van der Waals surface area contributed by atoms with Gasteiger partial charge in [-0.3, -0.25) is 19.3 Å². The highest BCUT2D eigenvalue weighted by Crippen LogP contribution is 2.31. The second-order valence-electron chi connectivity index (χ2n) is 6.78. The standard InChI is InChI=1S/C22H22N2O3S/c1-15(2)17-8-10-18(11-9-17)20(25)23-12-13-24-21(26)19(28-22(24)27)14-16-6-4-3-5-7-16/h3-11,14-15H,12-13H2,1-2H3,(H,23,25)/b19-14-. The first-order chi connectivity index (χ1) is 13.5. The van der Waals surface area contributed by atoms with Crippen LogP contribution in [0, 0.1) is 0 Å². The Bertz CT molecular complexity index is 905. The van der Waals surface area contributed by atoms with Crippen molar-refractivity contribution in [1.29, 1.82) is 0 Å². The Hall–Kier alpha value is -2.86. The molecule has 3 rings (SSSR count). The van der Waals surface area contributed by atoms with E-state index >= 15 is 0 Å². The van der Waals surface area contributed by atoms with Gasteiger partial charge in [0.15, 0.2) is 0 Å². The predicted molar refractivity (Wildman–Crippen MR) is 112 cm³/mol. The number of carbonyl (C=O) groups is 3. The van der Waals surface area contributed by atoms with Crippen LogP contribution in [0.25, 0.3) is 6.08 Å². The van der Waals surface area contributed by atoms with Crippen molar-refractivity contribution in [3.63, 3.8) is 0 Å². The van der Waals surface area contributed by atoms with Gasteiger partial charge in [0.25, 0.3) is 17.1 Å². The Morgan fingerprint density at radius 1 is 1.07 bits per heavy atom. The molecule has 0 aromatic heterocycles. The summed E-state index contributed by atoms with van der Waals surface area (Å²) < 4.78 is 0. The van der Waals surface area contributed by atoms with Crippen LogP contribution in [-0.2, 0) is 4.79 Å². The molecule has 28 heavy (non-hydrogen) atoms. The minimum Gasteiger partial charge on any atom is -0.350 e. The summed E-state index contributed by atoms with van der Waals surface area (Å²) >= 11 is 0.922. The minimum absolute atomic E-state index is 0.145. The molecule has 2 aromatic carbocycles. The van der Waals surface area contributed by atoms with Crippen molar-refractivity contribution >= 4 is 34.9 Å². The van der Waals surface area contributed by atoms with Crippen LogP contribution in [0.1, 0.15) is 41.3 Å². The smallest absolute Gasteiger partial charge is 0.293 e. The van der Waals surface area contributed by atoms with Crippen LogP contribution in [-0.4, -0.2) is 35.0 Å². The van der Waals surface area contributed by atoms with Crippen LogP contribution in [0.4, 0.5) is 4.79 Å². The number of thioether (sulfide) groups is 1. The zero-order valence-corrected chi connectivity index (χ0v) is 16.7. The van der Waals surface area contributed by atoms with Crippen molar-refractivity contribution in [2.24, 2.45) is 0 Å². The van der Waals surface area contributed by atoms with Crippen molar-refractivity contribution in [2.75, 3.05) is 13.1 Å². The Morgan fingerprint density at radius 3 is 2.39 bits per heavy atom. The number of amides is 3. The largest absolute Gasteiger partial charge is 0.350 e. The molecule has 0 unspecified atom stereocenters. The van der Waals surface area contributed by atoms with Crippen molar-refractivity contribution in [1.82, 2.24) is 10.2 Å². The molecule has 0 atom stereocenters. The van der Waals surface area contributed by atoms with E-state index in [1.807, 2.05) is 42.5 Å². The van der Waals surface area contributed by atoms with E-state index in [2.05, 4.69) is 19.2 Å². The summed E-state index contributed by atoms with van der Waals surface area (Å²) in [6.45, 7) is 4.54. The topological polar surface area (TPSA) is 66.5 Å². The number of hydrogen-bond acceptors (Lipinski definition) is 4. The van der Waals surface area contributed by atoms with Crippen LogP contribution < -0.4 is 5.32 Å². The molecule has 1 aliphatic rings. The third-order valence-electron chi connectivity index (χ3n) is 4.43. The third-order valence-corrected chi connectivity index (χ3v) is 5.34. The lowest BCUT2D eigenvalue weighted by Gasteiger charge is -2.13. The number of imide groups is 1. The van der Waals surface area contributed by atoms with Crippen LogP contribution in [0.2, 0.25) is 0 Å². The Balaban J connectivity index is 1.55. The molecule has 1 N–H and O–H groups in total. The molecule has 0 saturated carbocycles. The SMILES string of the molecule is CC(C)c1ccc(C(=O)NCCN2C(=O)S/C(=C\c3ccccc3)C2=O)cc1. The van der Waals surface area contributed by atoms with Gasteiger partial charge in [-0.1, -0.05) is 56.3 Å². The van der Waals surface area contributed by atoms with Gasteiger partial charge >= 0.3 is 0 Å². The van der Waals surface area contributed by atoms with Gasteiger partial charge in [-0.15, -0.1) is 0 Å². The second-order valence-corrected chi connectivity index (χ2v) is 7.77. The number of nitrogens with one attached hydrogen (secondary N) is 1. The monoisotopic (exact) mass is 394 g/mol. The molecule has 1 aliphatic heterocycles. The highest BCUT2D eigenvalue weighted by atomic mass is 32.2. The highest BCUT2D eigenvalue weighted by Gasteiger charge is 2.34. The summed E-state index contributed by atoms with van der Waals surface area (Å²) in [5, 5.41) is 2.45. The molecule has 3 amide bonds. The van der Waals surface area contributed by atoms with Crippen molar-refractivity contribution in [2.45, 2.75) is 19.8 Å². The third kappa shape index (κ3) is 4.70. The Kier molecular flexibility index (Phi) is 6.31. The number of benzene rings is 2. The predicted octanol–water partition coefficient (Wildman–Crippen LogP) is 4.28. The number of carbonyl (C=O) groups excluding carboxylic acids is 3. The molecule has 6 heteroatoms. The molecule has 0 aliphatic carbocycles. The van der Waals surface area contributed by atoms with Crippen molar-refractivity contribution in [3.05, 3.63) is 76.2 Å². The quantitative estimate of drug-likeness (QED) is 0.743. The van der Waals surface area contributed by atoms with E-state index in [1.165, 1.54) is 10.5 Å². The lowest BCUT2D eigenvalue weighted by molar-refractivity contribution is -0.122. The lowest BCUT2D eigenvalue weighted by Crippen LogP contribution is -2.37. The zero-order chi connectivity index (χ0) is 20.1. The molecule has 1 heterocycles. The van der Waals surface area contributed by atoms with Gasteiger partial charge in [0, 0.05) is 18.7 Å². The van der Waals surface area contributed by atoms with E-state index in [1.54, 1.807) is 18.2 Å². The van der Waals surface area contributed by atoms with Gasteiger partial charge in [-0.25, -0.2) is 0 Å². The molecule has 1 fully saturated rings. The van der Waals surface area contributed by atoms with Crippen molar-refractivity contribution < 1.29 is 14.4 Å². The van der Waals surface area contributed by atoms with Gasteiger partial charge in [-0.05, 0) is 47.0 Å². The maximum absolute atomic E-state index is 12.5. The first-order valence-electron chi connectivity index (χ1n) is 9.14. The van der Waals surface area contributed by atoms with Gasteiger partial charge in [0.1, 0.15) is 0 Å². The molecule has 0 bridgehead atoms. The van der Waals surface area contributed by atoms with E-state index in [0.29, 0.717) is 16.4 Å². The number of rotatable bonds is 6. The van der Waals surface area contributed by atoms with Gasteiger partial charge in [0.05, 0.1) is 4.91 Å². The fraction of sp³-hybridized carbons (Fsp3) is 0.227. The van der Waals surface area contributed by atoms with Gasteiger partial charge < -0.3 is 5.32 Å². The average Bonchev–Trinajstić information content (AvgIpc) is 2.96. The number of nitrogens with zero attached hydrogens (tertiary/aromatic N) is 1. The van der Waals surface area contributed by atoms with Crippen LogP contribution in [0.15, 0.2) is 59.5 Å². The molecular weight excluding hydrogens is 372 g/mol. The van der Waals surface area contributed by atoms with E-state index in [0.717, 1.165) is 17.3 Å². The molecule has 1 saturated heterocycles. The first-order valence-corrected chi connectivity index (χ1v) is 9.96. The second kappa shape index (κ2) is 8.89. The summed E-state index contributed by atoms with van der Waals surface area (Å²) in [5.41, 5.74) is 2.59. The summed E-state index contributed by atoms with van der Waals surface area (Å²) in [6.07, 6.45) is 1.71. The molecule has 5 nitrogen and oxygen atoms in total. The van der Waals surface area contributed by atoms with E-state index < -0.39 is 0 Å². The van der Waals surface area contributed by atoms with Gasteiger partial charge in [-0.2, -0.15) is 0 Å². The molecule has 2 aromatic rings. The fourth-order valence-electron chi connectivity index (χ4n) is 2.80. The minimum atomic E-state index is -0.325. The lowest BCUT2D eigenvalue weighted by atomic mass is 10.0. The maximum Gasteiger partial charge on any atom is 0.293 e. The summed E-state index contributed by atoms with van der Waals surface area (Å²) in [5.74, 6) is -0.142. The molecule has 144 valence electrons. The molecular formula is C22H22N2O3S.